The molecule has 0 radical (unpaired) electrons. The highest BCUT2D eigenvalue weighted by atomic mass is 32.1. The second-order valence-corrected chi connectivity index (χ2v) is 9.90. The fraction of sp³-hybridized carbons (Fsp3) is 0. The van der Waals surface area contributed by atoms with Gasteiger partial charge in [-0.3, -0.25) is 0 Å². The zero-order chi connectivity index (χ0) is 24.2. The molecule has 0 aliphatic carbocycles. The van der Waals surface area contributed by atoms with Crippen LogP contribution in [0.1, 0.15) is 11.1 Å². The maximum Gasteiger partial charge on any atom is 0.0998 e. The lowest BCUT2D eigenvalue weighted by Gasteiger charge is -2.15. The molecule has 0 aliphatic heterocycles. The van der Waals surface area contributed by atoms with Crippen molar-refractivity contribution in [2.75, 3.05) is 0 Å². The molecule has 7 aromatic rings. The highest BCUT2D eigenvalue weighted by Crippen LogP contribution is 2.41. The van der Waals surface area contributed by atoms with E-state index >= 15 is 0 Å². The second-order valence-electron chi connectivity index (χ2n) is 8.82. The number of thiophene rings is 1. The van der Waals surface area contributed by atoms with Crippen molar-refractivity contribution in [3.8, 4) is 29.0 Å². The van der Waals surface area contributed by atoms with Gasteiger partial charge < -0.3 is 4.57 Å². The molecule has 2 heterocycles. The quantitative estimate of drug-likeness (QED) is 0.251. The largest absolute Gasteiger partial charge is 0.309 e. The van der Waals surface area contributed by atoms with Crippen molar-refractivity contribution in [3.63, 3.8) is 0 Å². The van der Waals surface area contributed by atoms with Crippen LogP contribution in [0.5, 0.6) is 0 Å². The van der Waals surface area contributed by atoms with Crippen LogP contribution in [0.4, 0.5) is 0 Å². The highest BCUT2D eigenvalue weighted by Gasteiger charge is 2.18. The zero-order valence-corrected chi connectivity index (χ0v) is 19.9. The van der Waals surface area contributed by atoms with Crippen LogP contribution in [0.2, 0.25) is 0 Å². The molecule has 7 rings (SSSR count). The van der Waals surface area contributed by atoms with E-state index in [1.54, 1.807) is 11.3 Å². The summed E-state index contributed by atoms with van der Waals surface area (Å²) < 4.78 is 4.51. The molecule has 0 aliphatic rings. The predicted octanol–water partition coefficient (Wildman–Crippen LogP) is 8.56. The molecular weight excluding hydrogens is 458 g/mol. The van der Waals surface area contributed by atoms with Crippen LogP contribution in [0.25, 0.3) is 58.8 Å². The Morgan fingerprint density at radius 1 is 0.583 bits per heavy atom. The fourth-order valence-corrected chi connectivity index (χ4v) is 6.49. The van der Waals surface area contributed by atoms with Crippen LogP contribution in [0, 0.1) is 22.7 Å². The third kappa shape index (κ3) is 2.89. The van der Waals surface area contributed by atoms with Crippen molar-refractivity contribution in [2.45, 2.75) is 0 Å². The Hall–Kier alpha value is -4.90. The third-order valence-electron chi connectivity index (χ3n) is 6.87. The van der Waals surface area contributed by atoms with Gasteiger partial charge in [-0.25, -0.2) is 0 Å². The lowest BCUT2D eigenvalue weighted by Crippen LogP contribution is -1.99. The van der Waals surface area contributed by atoms with E-state index in [1.807, 2.05) is 30.3 Å². The minimum absolute atomic E-state index is 0.640. The van der Waals surface area contributed by atoms with Crippen LogP contribution in [-0.2, 0) is 0 Å². The highest BCUT2D eigenvalue weighted by molar-refractivity contribution is 7.25. The molecule has 0 amide bonds. The van der Waals surface area contributed by atoms with E-state index in [0.29, 0.717) is 11.1 Å². The zero-order valence-electron chi connectivity index (χ0n) is 19.1. The third-order valence-corrected chi connectivity index (χ3v) is 7.99. The first-order chi connectivity index (χ1) is 17.8. The molecule has 0 bridgehead atoms. The number of fused-ring (bicyclic) bond motifs is 6. The molecule has 36 heavy (non-hydrogen) atoms. The molecule has 0 fully saturated rings. The number of aromatic nitrogens is 1. The summed E-state index contributed by atoms with van der Waals surface area (Å²) >= 11 is 1.68. The van der Waals surface area contributed by atoms with Gasteiger partial charge in [0.2, 0.25) is 0 Å². The molecular formula is C32H17N3S. The molecule has 5 aromatic carbocycles. The van der Waals surface area contributed by atoms with Crippen molar-refractivity contribution in [2.24, 2.45) is 0 Å². The predicted molar refractivity (Wildman–Crippen MR) is 149 cm³/mol. The van der Waals surface area contributed by atoms with Gasteiger partial charge in [0.25, 0.3) is 0 Å². The lowest BCUT2D eigenvalue weighted by molar-refractivity contribution is 1.18. The van der Waals surface area contributed by atoms with Crippen LogP contribution in [-0.4, -0.2) is 4.57 Å². The van der Waals surface area contributed by atoms with Crippen LogP contribution in [0.15, 0.2) is 103 Å². The van der Waals surface area contributed by atoms with Crippen molar-refractivity contribution in [1.29, 1.82) is 10.5 Å². The van der Waals surface area contributed by atoms with Gasteiger partial charge in [-0.15, -0.1) is 11.3 Å². The molecule has 0 N–H and O–H groups in total. The molecule has 0 saturated heterocycles. The molecule has 166 valence electrons. The monoisotopic (exact) mass is 475 g/mol. The number of benzene rings is 5. The Labute approximate surface area is 211 Å². The summed E-state index contributed by atoms with van der Waals surface area (Å²) in [5.41, 5.74) is 6.44. The summed E-state index contributed by atoms with van der Waals surface area (Å²) in [5.74, 6) is 0. The maximum atomic E-state index is 10.1. The Morgan fingerprint density at radius 2 is 1.25 bits per heavy atom. The Kier molecular flexibility index (Phi) is 4.45. The fourth-order valence-electron chi connectivity index (χ4n) is 5.31. The van der Waals surface area contributed by atoms with Gasteiger partial charge in [-0.2, -0.15) is 10.5 Å². The first-order valence-electron chi connectivity index (χ1n) is 11.7. The first kappa shape index (κ1) is 20.5. The number of rotatable bonds is 2. The SMILES string of the molecule is N#Cc1ccc2c(c1)sc1cc(-c3c(C#N)cccc3-n3c4ccccc4c4ccccc43)ccc12. The van der Waals surface area contributed by atoms with E-state index in [2.05, 4.69) is 89.5 Å². The molecule has 3 nitrogen and oxygen atoms in total. The lowest BCUT2D eigenvalue weighted by atomic mass is 9.97. The number of hydrogen-bond acceptors (Lipinski definition) is 3. The average Bonchev–Trinajstić information content (AvgIpc) is 3.47. The van der Waals surface area contributed by atoms with E-state index in [-0.39, 0.29) is 0 Å². The number of hydrogen-bond donors (Lipinski definition) is 0. The molecule has 0 atom stereocenters. The van der Waals surface area contributed by atoms with Gasteiger partial charge >= 0.3 is 0 Å². The van der Waals surface area contributed by atoms with Gasteiger partial charge in [0.15, 0.2) is 0 Å². The van der Waals surface area contributed by atoms with Crippen molar-refractivity contribution in [3.05, 3.63) is 114 Å². The Balaban J connectivity index is 1.55. The molecule has 0 spiro atoms. The van der Waals surface area contributed by atoms with Crippen molar-refractivity contribution >= 4 is 53.3 Å². The first-order valence-corrected chi connectivity index (χ1v) is 12.5. The Bertz CT molecular complexity index is 2030. The second kappa shape index (κ2) is 7.82. The van der Waals surface area contributed by atoms with Gasteiger partial charge in [0, 0.05) is 36.5 Å². The van der Waals surface area contributed by atoms with Gasteiger partial charge in [0.05, 0.1) is 40.0 Å². The van der Waals surface area contributed by atoms with E-state index in [4.69, 9.17) is 0 Å². The number of para-hydroxylation sites is 2. The smallest absolute Gasteiger partial charge is 0.0998 e. The molecule has 4 heteroatoms. The standard InChI is InChI=1S/C32H17N3S/c33-18-20-12-14-25-26-15-13-21(17-31(26)36-30(25)16-20)32-22(19-34)6-5-11-29(32)35-27-9-3-1-7-23(27)24-8-2-4-10-28(24)35/h1-17H. The molecule has 2 aromatic heterocycles. The number of nitrogens with zero attached hydrogens (tertiary/aromatic N) is 3. The van der Waals surface area contributed by atoms with Crippen molar-refractivity contribution in [1.82, 2.24) is 4.57 Å². The summed E-state index contributed by atoms with van der Waals surface area (Å²) in [6.07, 6.45) is 0. The van der Waals surface area contributed by atoms with Crippen LogP contribution in [0.3, 0.4) is 0 Å². The topological polar surface area (TPSA) is 52.5 Å². The van der Waals surface area contributed by atoms with Crippen LogP contribution >= 0.6 is 11.3 Å². The van der Waals surface area contributed by atoms with Gasteiger partial charge in [-0.05, 0) is 48.0 Å². The summed E-state index contributed by atoms with van der Waals surface area (Å²) in [4.78, 5) is 0. The summed E-state index contributed by atoms with van der Waals surface area (Å²) in [6, 6.07) is 39.7. The normalized spacial score (nSPS) is 11.3. The average molecular weight is 476 g/mol. The van der Waals surface area contributed by atoms with Gasteiger partial charge in [0.1, 0.15) is 0 Å². The van der Waals surface area contributed by atoms with Crippen molar-refractivity contribution < 1.29 is 0 Å². The minimum Gasteiger partial charge on any atom is -0.309 e. The maximum absolute atomic E-state index is 10.1. The van der Waals surface area contributed by atoms with E-state index in [9.17, 15) is 10.5 Å². The summed E-state index contributed by atoms with van der Waals surface area (Å²) in [7, 11) is 0. The van der Waals surface area contributed by atoms with E-state index in [1.165, 1.54) is 10.8 Å². The van der Waals surface area contributed by atoms with Gasteiger partial charge in [-0.1, -0.05) is 60.7 Å². The molecule has 0 saturated carbocycles. The summed E-state index contributed by atoms with van der Waals surface area (Å²) in [6.45, 7) is 0. The van der Waals surface area contributed by atoms with E-state index in [0.717, 1.165) is 48.0 Å². The summed E-state index contributed by atoms with van der Waals surface area (Å²) in [5, 5.41) is 24.1. The minimum atomic E-state index is 0.640. The van der Waals surface area contributed by atoms with E-state index < -0.39 is 0 Å². The number of nitriles is 2. The Morgan fingerprint density at radius 3 is 1.94 bits per heavy atom. The van der Waals surface area contributed by atoms with Crippen LogP contribution < -0.4 is 0 Å². The molecule has 0 unspecified atom stereocenters.